The van der Waals surface area contributed by atoms with Crippen LogP contribution in [0.1, 0.15) is 5.56 Å². The van der Waals surface area contributed by atoms with Gasteiger partial charge in [0.2, 0.25) is 0 Å². The van der Waals surface area contributed by atoms with Crippen LogP contribution < -0.4 is 9.80 Å². The van der Waals surface area contributed by atoms with E-state index >= 15 is 0 Å². The van der Waals surface area contributed by atoms with E-state index in [0.29, 0.717) is 15.8 Å². The summed E-state index contributed by atoms with van der Waals surface area (Å²) in [5.41, 5.74) is 3.52. The van der Waals surface area contributed by atoms with Crippen LogP contribution in [0.2, 0.25) is 0 Å². The maximum atomic E-state index is 13.6. The summed E-state index contributed by atoms with van der Waals surface area (Å²) in [6.45, 7) is 2.00. The van der Waals surface area contributed by atoms with Crippen molar-refractivity contribution in [2.75, 3.05) is 16.8 Å². The third kappa shape index (κ3) is 3.60. The third-order valence-corrected chi connectivity index (χ3v) is 7.42. The van der Waals surface area contributed by atoms with E-state index in [2.05, 4.69) is 17.0 Å². The second kappa shape index (κ2) is 7.83. The molecule has 31 heavy (non-hydrogen) atoms. The summed E-state index contributed by atoms with van der Waals surface area (Å²) in [5, 5.41) is 11.3. The molecule has 0 bridgehead atoms. The number of para-hydroxylation sites is 1. The van der Waals surface area contributed by atoms with Crippen molar-refractivity contribution in [3.63, 3.8) is 0 Å². The van der Waals surface area contributed by atoms with Gasteiger partial charge in [-0.2, -0.15) is 0 Å². The summed E-state index contributed by atoms with van der Waals surface area (Å²) >= 11 is 2.96. The first kappa shape index (κ1) is 19.8. The molecule has 1 amide bonds. The number of thioether (sulfide) groups is 2. The molecule has 7 heteroatoms. The van der Waals surface area contributed by atoms with Crippen LogP contribution in [0.25, 0.3) is 0 Å². The Morgan fingerprint density at radius 1 is 0.935 bits per heavy atom. The van der Waals surface area contributed by atoms with Crippen molar-refractivity contribution in [2.45, 2.75) is 11.8 Å². The summed E-state index contributed by atoms with van der Waals surface area (Å²) in [4.78, 5) is 23.8. The highest BCUT2D eigenvalue weighted by Gasteiger charge is 2.40. The van der Waals surface area contributed by atoms with E-state index in [4.69, 9.17) is 4.99 Å². The Balaban J connectivity index is 1.63. The van der Waals surface area contributed by atoms with Gasteiger partial charge in [0.15, 0.2) is 5.17 Å². The highest BCUT2D eigenvalue weighted by atomic mass is 32.2. The number of phenols is 1. The largest absolute Gasteiger partial charge is 0.508 e. The van der Waals surface area contributed by atoms with Gasteiger partial charge in [-0.25, -0.2) is 4.99 Å². The summed E-state index contributed by atoms with van der Waals surface area (Å²) in [6, 6.07) is 22.7. The summed E-state index contributed by atoms with van der Waals surface area (Å²) < 4.78 is 0. The van der Waals surface area contributed by atoms with Crippen LogP contribution in [0.3, 0.4) is 0 Å². The molecule has 2 aliphatic heterocycles. The number of hydrogen-bond acceptors (Lipinski definition) is 6. The van der Waals surface area contributed by atoms with Gasteiger partial charge in [-0.1, -0.05) is 42.1 Å². The van der Waals surface area contributed by atoms with E-state index in [9.17, 15) is 9.90 Å². The number of amides is 1. The van der Waals surface area contributed by atoms with Gasteiger partial charge < -0.3 is 10.0 Å². The molecule has 0 radical (unpaired) electrons. The van der Waals surface area contributed by atoms with Crippen molar-refractivity contribution in [3.05, 3.63) is 88.3 Å². The minimum absolute atomic E-state index is 0.100. The third-order valence-electron chi connectivity index (χ3n) is 5.03. The lowest BCUT2D eigenvalue weighted by Crippen LogP contribution is -2.29. The van der Waals surface area contributed by atoms with Crippen LogP contribution in [0, 0.1) is 6.92 Å². The van der Waals surface area contributed by atoms with Crippen LogP contribution in [0.5, 0.6) is 5.75 Å². The van der Waals surface area contributed by atoms with E-state index in [1.165, 1.54) is 11.8 Å². The maximum absolute atomic E-state index is 13.6. The second-order valence-corrected chi connectivity index (χ2v) is 9.27. The fourth-order valence-electron chi connectivity index (χ4n) is 3.55. The first-order valence-electron chi connectivity index (χ1n) is 9.73. The molecule has 2 heterocycles. The van der Waals surface area contributed by atoms with Crippen molar-refractivity contribution >= 4 is 51.7 Å². The van der Waals surface area contributed by atoms with Crippen LogP contribution in [-0.2, 0) is 4.79 Å². The molecule has 5 nitrogen and oxygen atoms in total. The number of carbonyl (C=O) groups is 1. The number of benzene rings is 3. The monoisotopic (exact) mass is 445 g/mol. The summed E-state index contributed by atoms with van der Waals surface area (Å²) in [6.07, 6.45) is 0. The average Bonchev–Trinajstić information content (AvgIpc) is 3.25. The Morgan fingerprint density at radius 2 is 1.74 bits per heavy atom. The van der Waals surface area contributed by atoms with Crippen molar-refractivity contribution < 1.29 is 9.90 Å². The van der Waals surface area contributed by atoms with Crippen molar-refractivity contribution in [3.8, 4) is 5.75 Å². The maximum Gasteiger partial charge on any atom is 0.274 e. The lowest BCUT2D eigenvalue weighted by molar-refractivity contribution is -0.113. The van der Waals surface area contributed by atoms with E-state index in [1.807, 2.05) is 56.4 Å². The molecule has 0 spiro atoms. The Hall–Kier alpha value is -3.16. The standard InChI is InChI=1S/C24H19N3O2S2/c1-15-7-5-9-17(13-15)27-22(29)21(23-26(2)19-11-3-4-12-20(19)30-23)31-24(27)25-16-8-6-10-18(28)14-16/h3-14,28H,1-2H3. The topological polar surface area (TPSA) is 56.1 Å². The molecule has 0 aromatic heterocycles. The molecule has 0 aliphatic carbocycles. The van der Waals surface area contributed by atoms with Gasteiger partial charge in [-0.15, -0.1) is 0 Å². The number of aliphatic imine (C=N–C) groups is 1. The highest BCUT2D eigenvalue weighted by molar-refractivity contribution is 8.20. The quantitative estimate of drug-likeness (QED) is 0.499. The molecular formula is C24H19N3O2S2. The minimum Gasteiger partial charge on any atom is -0.508 e. The second-order valence-electron chi connectivity index (χ2n) is 7.26. The molecule has 5 rings (SSSR count). The number of hydrogen-bond donors (Lipinski definition) is 1. The molecule has 1 saturated heterocycles. The van der Waals surface area contributed by atoms with E-state index in [-0.39, 0.29) is 11.7 Å². The van der Waals surface area contributed by atoms with Crippen molar-refractivity contribution in [1.29, 1.82) is 0 Å². The zero-order valence-electron chi connectivity index (χ0n) is 16.9. The zero-order chi connectivity index (χ0) is 21.5. The average molecular weight is 446 g/mol. The van der Waals surface area contributed by atoms with Gasteiger partial charge >= 0.3 is 0 Å². The predicted octanol–water partition coefficient (Wildman–Crippen LogP) is 5.88. The van der Waals surface area contributed by atoms with Crippen LogP contribution >= 0.6 is 23.5 Å². The molecule has 1 fully saturated rings. The summed E-state index contributed by atoms with van der Waals surface area (Å²) in [7, 11) is 1.98. The van der Waals surface area contributed by atoms with Crippen LogP contribution in [-0.4, -0.2) is 23.2 Å². The molecule has 2 aliphatic rings. The van der Waals surface area contributed by atoms with Crippen LogP contribution in [0.4, 0.5) is 17.1 Å². The van der Waals surface area contributed by atoms with E-state index < -0.39 is 0 Å². The molecule has 154 valence electrons. The van der Waals surface area contributed by atoms with Crippen LogP contribution in [0.15, 0.2) is 92.6 Å². The number of fused-ring (bicyclic) bond motifs is 1. The Labute approximate surface area is 189 Å². The number of nitrogens with zero attached hydrogens (tertiary/aromatic N) is 3. The fourth-order valence-corrected chi connectivity index (χ4v) is 5.89. The van der Waals surface area contributed by atoms with Gasteiger partial charge in [0.05, 0.1) is 22.1 Å². The molecular weight excluding hydrogens is 426 g/mol. The fraction of sp³-hybridized carbons (Fsp3) is 0.0833. The van der Waals surface area contributed by atoms with Crippen molar-refractivity contribution in [2.24, 2.45) is 4.99 Å². The molecule has 0 unspecified atom stereocenters. The number of aromatic hydroxyl groups is 1. The lowest BCUT2D eigenvalue weighted by atomic mass is 10.2. The van der Waals surface area contributed by atoms with E-state index in [1.54, 1.807) is 34.9 Å². The smallest absolute Gasteiger partial charge is 0.274 e. The molecule has 0 atom stereocenters. The number of rotatable bonds is 2. The molecule has 3 aromatic rings. The van der Waals surface area contributed by atoms with Gasteiger partial charge in [-0.3, -0.25) is 9.69 Å². The van der Waals surface area contributed by atoms with E-state index in [0.717, 1.165) is 26.9 Å². The van der Waals surface area contributed by atoms with Crippen molar-refractivity contribution in [1.82, 2.24) is 0 Å². The van der Waals surface area contributed by atoms with Gasteiger partial charge in [0.1, 0.15) is 10.7 Å². The first-order valence-corrected chi connectivity index (χ1v) is 11.4. The number of phenolic OH excluding ortho intramolecular Hbond substituents is 1. The Morgan fingerprint density at radius 3 is 2.52 bits per heavy atom. The van der Waals surface area contributed by atoms with Gasteiger partial charge in [0, 0.05) is 18.0 Å². The highest BCUT2D eigenvalue weighted by Crippen LogP contribution is 2.50. The minimum atomic E-state index is -0.100. The zero-order valence-corrected chi connectivity index (χ0v) is 18.6. The normalized spacial score (nSPS) is 19.4. The number of aryl methyl sites for hydroxylation is 1. The molecule has 3 aromatic carbocycles. The number of anilines is 2. The van der Waals surface area contributed by atoms with Gasteiger partial charge in [-0.05, 0) is 60.6 Å². The predicted molar refractivity (Wildman–Crippen MR) is 129 cm³/mol. The Bertz CT molecular complexity index is 1270. The summed E-state index contributed by atoms with van der Waals surface area (Å²) in [5.74, 6) is 0.0371. The molecule has 1 N–H and O–H groups in total. The SMILES string of the molecule is Cc1cccc(N2C(=O)C(=C3Sc4ccccc4N3C)SC2=Nc2cccc(O)c2)c1. The first-order chi connectivity index (χ1) is 15.0. The number of amidine groups is 1. The lowest BCUT2D eigenvalue weighted by Gasteiger charge is -2.17. The molecule has 0 saturated carbocycles. The Kier molecular flexibility index (Phi) is 5.00. The number of carbonyl (C=O) groups excluding carboxylic acids is 1. The van der Waals surface area contributed by atoms with Gasteiger partial charge in [0.25, 0.3) is 5.91 Å².